The first-order valence-electron chi connectivity index (χ1n) is 5.55. The number of nitrogens with zero attached hydrogens (tertiary/aromatic N) is 2. The molecular formula is C13H12N4O. The van der Waals surface area contributed by atoms with E-state index in [0.717, 1.165) is 11.3 Å². The Labute approximate surface area is 104 Å². The molecule has 0 fully saturated rings. The first kappa shape index (κ1) is 10.6. The van der Waals surface area contributed by atoms with Crippen molar-refractivity contribution in [3.63, 3.8) is 0 Å². The fourth-order valence-electron chi connectivity index (χ4n) is 2.00. The number of nitrogen functional groups attached to an aromatic ring is 1. The van der Waals surface area contributed by atoms with E-state index in [1.54, 1.807) is 6.07 Å². The molecule has 5 heteroatoms. The topological polar surface area (TPSA) is 72.9 Å². The molecule has 3 heterocycles. The molecule has 0 aliphatic carbocycles. The van der Waals surface area contributed by atoms with Gasteiger partial charge in [-0.3, -0.25) is 4.79 Å². The molecule has 0 atom stereocenters. The van der Waals surface area contributed by atoms with Gasteiger partial charge in [0.15, 0.2) is 0 Å². The quantitative estimate of drug-likeness (QED) is 0.742. The average Bonchev–Trinajstić information content (AvgIpc) is 2.86. The molecule has 0 bridgehead atoms. The van der Waals surface area contributed by atoms with Gasteiger partial charge in [0.1, 0.15) is 5.82 Å². The summed E-state index contributed by atoms with van der Waals surface area (Å²) in [7, 11) is 1.93. The van der Waals surface area contributed by atoms with Crippen molar-refractivity contribution in [3.8, 4) is 0 Å². The van der Waals surface area contributed by atoms with E-state index in [9.17, 15) is 4.79 Å². The monoisotopic (exact) mass is 240 g/mol. The number of nitrogens with two attached hydrogens (primary N) is 1. The number of pyridine rings is 1. The summed E-state index contributed by atoms with van der Waals surface area (Å²) in [5, 5.41) is 2.72. The van der Waals surface area contributed by atoms with Gasteiger partial charge in [-0.05, 0) is 24.3 Å². The zero-order valence-electron chi connectivity index (χ0n) is 9.84. The lowest BCUT2D eigenvalue weighted by Crippen LogP contribution is -2.04. The van der Waals surface area contributed by atoms with Crippen molar-refractivity contribution in [1.29, 1.82) is 0 Å². The molecule has 1 amide bonds. The summed E-state index contributed by atoms with van der Waals surface area (Å²) in [5.74, 6) is 0.416. The highest BCUT2D eigenvalue weighted by Crippen LogP contribution is 2.32. The molecule has 5 nitrogen and oxygen atoms in total. The van der Waals surface area contributed by atoms with Crippen LogP contribution in [0.2, 0.25) is 0 Å². The molecule has 1 aliphatic rings. The number of hydrogen-bond acceptors (Lipinski definition) is 3. The van der Waals surface area contributed by atoms with Crippen LogP contribution in [0.5, 0.6) is 0 Å². The maximum absolute atomic E-state index is 11.9. The van der Waals surface area contributed by atoms with Crippen LogP contribution in [0, 0.1) is 0 Å². The summed E-state index contributed by atoms with van der Waals surface area (Å²) in [6.07, 6.45) is 5.30. The molecule has 0 spiro atoms. The van der Waals surface area contributed by atoms with Crippen molar-refractivity contribution >= 4 is 29.1 Å². The summed E-state index contributed by atoms with van der Waals surface area (Å²) < 4.78 is 1.94. The summed E-state index contributed by atoms with van der Waals surface area (Å²) in [6.45, 7) is 0. The van der Waals surface area contributed by atoms with E-state index in [1.165, 1.54) is 6.20 Å². The molecule has 90 valence electrons. The highest BCUT2D eigenvalue weighted by molar-refractivity contribution is 6.34. The molecule has 0 saturated heterocycles. The van der Waals surface area contributed by atoms with Gasteiger partial charge >= 0.3 is 0 Å². The van der Waals surface area contributed by atoms with Crippen molar-refractivity contribution in [2.45, 2.75) is 0 Å². The fourth-order valence-corrected chi connectivity index (χ4v) is 2.00. The van der Waals surface area contributed by atoms with Gasteiger partial charge in [0.25, 0.3) is 5.91 Å². The minimum absolute atomic E-state index is 0.149. The normalized spacial score (nSPS) is 15.8. The Kier molecular flexibility index (Phi) is 2.19. The van der Waals surface area contributed by atoms with Gasteiger partial charge in [-0.2, -0.15) is 0 Å². The highest BCUT2D eigenvalue weighted by atomic mass is 16.2. The first-order valence-corrected chi connectivity index (χ1v) is 5.55. The number of hydrogen-bond donors (Lipinski definition) is 2. The number of aryl methyl sites for hydroxylation is 1. The molecule has 0 saturated carbocycles. The van der Waals surface area contributed by atoms with Crippen LogP contribution in [0.1, 0.15) is 11.3 Å². The molecule has 2 aromatic heterocycles. The molecule has 0 unspecified atom stereocenters. The molecule has 0 aromatic carbocycles. The Morgan fingerprint density at radius 2 is 2.33 bits per heavy atom. The van der Waals surface area contributed by atoms with Crippen LogP contribution in [-0.4, -0.2) is 15.5 Å². The third-order valence-corrected chi connectivity index (χ3v) is 2.95. The van der Waals surface area contributed by atoms with Gasteiger partial charge in [-0.25, -0.2) is 4.98 Å². The fraction of sp³-hybridized carbons (Fsp3) is 0.0769. The van der Waals surface area contributed by atoms with Gasteiger partial charge < -0.3 is 15.6 Å². The second kappa shape index (κ2) is 3.73. The molecule has 18 heavy (non-hydrogen) atoms. The zero-order valence-corrected chi connectivity index (χ0v) is 9.84. The lowest BCUT2D eigenvalue weighted by atomic mass is 10.1. The van der Waals surface area contributed by atoms with Crippen molar-refractivity contribution in [2.24, 2.45) is 7.05 Å². The number of anilines is 2. The van der Waals surface area contributed by atoms with Gasteiger partial charge in [-0.1, -0.05) is 0 Å². The molecule has 3 rings (SSSR count). The zero-order chi connectivity index (χ0) is 12.7. The van der Waals surface area contributed by atoms with E-state index >= 15 is 0 Å². The molecular weight excluding hydrogens is 228 g/mol. The van der Waals surface area contributed by atoms with E-state index in [2.05, 4.69) is 10.3 Å². The number of nitrogens with one attached hydrogen (secondary N) is 1. The Morgan fingerprint density at radius 1 is 1.50 bits per heavy atom. The summed E-state index contributed by atoms with van der Waals surface area (Å²) in [4.78, 5) is 16.0. The number of carbonyl (C=O) groups excluding carboxylic acids is 1. The minimum atomic E-state index is -0.149. The predicted molar refractivity (Wildman–Crippen MR) is 70.6 cm³/mol. The van der Waals surface area contributed by atoms with Crippen molar-refractivity contribution in [2.75, 3.05) is 11.1 Å². The van der Waals surface area contributed by atoms with Crippen LogP contribution in [0.15, 0.2) is 30.6 Å². The van der Waals surface area contributed by atoms with Gasteiger partial charge in [0.05, 0.1) is 17.5 Å². The van der Waals surface area contributed by atoms with Crippen LogP contribution in [0.3, 0.4) is 0 Å². The van der Waals surface area contributed by atoms with Crippen LogP contribution in [0.25, 0.3) is 11.6 Å². The van der Waals surface area contributed by atoms with E-state index in [1.807, 2.05) is 36.0 Å². The second-order valence-corrected chi connectivity index (χ2v) is 4.22. The average molecular weight is 240 g/mol. The maximum atomic E-state index is 11.9. The van der Waals surface area contributed by atoms with Gasteiger partial charge in [-0.15, -0.1) is 0 Å². The van der Waals surface area contributed by atoms with Crippen LogP contribution in [0.4, 0.5) is 11.5 Å². The third-order valence-electron chi connectivity index (χ3n) is 2.95. The number of fused-ring (bicyclic) bond motifs is 1. The standard InChI is InChI=1S/C13H12N4O/c1-17-4-2-3-9(17)6-11-10-5-8(14)7-15-12(10)16-13(11)18/h2-7H,14H2,1H3,(H,15,16,18). The van der Waals surface area contributed by atoms with E-state index < -0.39 is 0 Å². The second-order valence-electron chi connectivity index (χ2n) is 4.22. The molecule has 0 radical (unpaired) electrons. The number of aromatic nitrogens is 2. The number of amides is 1. The smallest absolute Gasteiger partial charge is 0.257 e. The number of rotatable bonds is 1. The Morgan fingerprint density at radius 3 is 3.06 bits per heavy atom. The van der Waals surface area contributed by atoms with Crippen molar-refractivity contribution in [1.82, 2.24) is 9.55 Å². The Hall–Kier alpha value is -2.56. The molecule has 1 aliphatic heterocycles. The highest BCUT2D eigenvalue weighted by Gasteiger charge is 2.25. The Bertz CT molecular complexity index is 669. The van der Waals surface area contributed by atoms with E-state index in [4.69, 9.17) is 5.73 Å². The lowest BCUT2D eigenvalue weighted by Gasteiger charge is -2.00. The molecule has 2 aromatic rings. The Balaban J connectivity index is 2.14. The van der Waals surface area contributed by atoms with Crippen molar-refractivity contribution < 1.29 is 4.79 Å². The van der Waals surface area contributed by atoms with E-state index in [-0.39, 0.29) is 5.91 Å². The van der Waals surface area contributed by atoms with Gasteiger partial charge in [0.2, 0.25) is 0 Å². The summed E-state index contributed by atoms with van der Waals surface area (Å²) >= 11 is 0. The minimum Gasteiger partial charge on any atom is -0.397 e. The van der Waals surface area contributed by atoms with Gasteiger partial charge in [0, 0.05) is 24.5 Å². The predicted octanol–water partition coefficient (Wildman–Crippen LogP) is 1.49. The lowest BCUT2D eigenvalue weighted by molar-refractivity contribution is -0.110. The summed E-state index contributed by atoms with van der Waals surface area (Å²) in [6, 6.07) is 5.63. The largest absolute Gasteiger partial charge is 0.397 e. The van der Waals surface area contributed by atoms with Crippen LogP contribution < -0.4 is 11.1 Å². The van der Waals surface area contributed by atoms with Crippen molar-refractivity contribution in [3.05, 3.63) is 41.9 Å². The van der Waals surface area contributed by atoms with E-state index in [0.29, 0.717) is 17.1 Å². The molecule has 3 N–H and O–H groups in total. The maximum Gasteiger partial charge on any atom is 0.257 e. The van der Waals surface area contributed by atoms with Crippen LogP contribution >= 0.6 is 0 Å². The first-order chi connectivity index (χ1) is 8.65. The number of carbonyl (C=O) groups is 1. The third kappa shape index (κ3) is 1.57. The summed E-state index contributed by atoms with van der Waals surface area (Å²) in [5.41, 5.74) is 8.55. The SMILES string of the molecule is Cn1cccc1C=C1C(=O)Nc2ncc(N)cc21. The van der Waals surface area contributed by atoms with Crippen LogP contribution in [-0.2, 0) is 11.8 Å².